The van der Waals surface area contributed by atoms with Gasteiger partial charge in [0.05, 0.1) is 36.2 Å². The van der Waals surface area contributed by atoms with Gasteiger partial charge in [-0.05, 0) is 26.3 Å². The molecule has 2 aromatic rings. The highest BCUT2D eigenvalue weighted by molar-refractivity contribution is 7.18. The van der Waals surface area contributed by atoms with E-state index in [1.807, 2.05) is 0 Å². The molecule has 2 heterocycles. The molecule has 0 spiro atoms. The smallest absolute Gasteiger partial charge is 0.348 e. The molecule has 0 radical (unpaired) electrons. The third-order valence-electron chi connectivity index (χ3n) is 3.75. The summed E-state index contributed by atoms with van der Waals surface area (Å²) in [6.45, 7) is 4.99. The molecule has 140 valence electrons. The Balaban J connectivity index is 2.32. The quantitative estimate of drug-likeness (QED) is 0.776. The molecule has 0 aliphatic heterocycles. The Morgan fingerprint density at radius 1 is 1.15 bits per heavy atom. The number of hydrogen-bond acceptors (Lipinski definition) is 7. The number of esters is 2. The maximum Gasteiger partial charge on any atom is 0.348 e. The van der Waals surface area contributed by atoms with Crippen LogP contribution in [0.1, 0.15) is 37.0 Å². The van der Waals surface area contributed by atoms with Gasteiger partial charge in [0.1, 0.15) is 16.4 Å². The fourth-order valence-electron chi connectivity index (χ4n) is 2.37. The van der Waals surface area contributed by atoms with E-state index in [9.17, 15) is 14.4 Å². The summed E-state index contributed by atoms with van der Waals surface area (Å²) in [6.07, 6.45) is 0. The summed E-state index contributed by atoms with van der Waals surface area (Å²) in [6, 6.07) is 0. The number of nitrogens with zero attached hydrogens (tertiary/aromatic N) is 2. The van der Waals surface area contributed by atoms with E-state index in [0.29, 0.717) is 22.0 Å². The molecule has 0 aliphatic rings. The third-order valence-corrected chi connectivity index (χ3v) is 5.48. The lowest BCUT2D eigenvalue weighted by molar-refractivity contribution is -0.116. The first-order valence-electron chi connectivity index (χ1n) is 7.50. The molecular weight excluding hydrogens is 382 g/mol. The lowest BCUT2D eigenvalue weighted by Gasteiger charge is -2.07. The minimum absolute atomic E-state index is 0.0927. The second-order valence-corrected chi connectivity index (χ2v) is 6.83. The molecule has 10 heteroatoms. The van der Waals surface area contributed by atoms with Crippen molar-refractivity contribution in [2.45, 2.75) is 27.3 Å². The first-order chi connectivity index (χ1) is 12.2. The van der Waals surface area contributed by atoms with E-state index in [0.717, 1.165) is 11.3 Å². The first kappa shape index (κ1) is 19.9. The van der Waals surface area contributed by atoms with E-state index in [1.165, 1.54) is 18.9 Å². The molecule has 1 N–H and O–H groups in total. The van der Waals surface area contributed by atoms with Gasteiger partial charge in [0, 0.05) is 0 Å². The van der Waals surface area contributed by atoms with Crippen LogP contribution < -0.4 is 5.32 Å². The van der Waals surface area contributed by atoms with Crippen LogP contribution >= 0.6 is 22.9 Å². The van der Waals surface area contributed by atoms with Crippen LogP contribution in [0.5, 0.6) is 0 Å². The Hall–Kier alpha value is -2.39. The number of hydrogen-bond donors (Lipinski definition) is 1. The highest BCUT2D eigenvalue weighted by atomic mass is 35.5. The second-order valence-electron chi connectivity index (χ2n) is 5.43. The number of ether oxygens (including phenoxy) is 2. The van der Waals surface area contributed by atoms with Gasteiger partial charge in [-0.15, -0.1) is 11.3 Å². The highest BCUT2D eigenvalue weighted by Crippen LogP contribution is 2.34. The molecule has 8 nitrogen and oxygen atoms in total. The Labute approximate surface area is 159 Å². The molecule has 0 atom stereocenters. The molecule has 0 bridgehead atoms. The minimum Gasteiger partial charge on any atom is -0.465 e. The van der Waals surface area contributed by atoms with Gasteiger partial charge in [0.2, 0.25) is 5.91 Å². The van der Waals surface area contributed by atoms with Crippen molar-refractivity contribution in [3.8, 4) is 0 Å². The lowest BCUT2D eigenvalue weighted by Crippen LogP contribution is -2.21. The fraction of sp³-hybridized carbons (Fsp3) is 0.375. The van der Waals surface area contributed by atoms with Crippen LogP contribution in [-0.2, 0) is 20.8 Å². The number of methoxy groups -OCH3 is 2. The number of carbonyl (C=O) groups excluding carboxylic acids is 3. The monoisotopic (exact) mass is 399 g/mol. The summed E-state index contributed by atoms with van der Waals surface area (Å²) < 4.78 is 10.9. The van der Waals surface area contributed by atoms with Crippen molar-refractivity contribution in [1.29, 1.82) is 0 Å². The number of halogens is 1. The number of nitrogens with one attached hydrogen (secondary N) is 1. The number of aryl methyl sites for hydroxylation is 1. The molecule has 0 fully saturated rings. The summed E-state index contributed by atoms with van der Waals surface area (Å²) in [5, 5.41) is 7.54. The van der Waals surface area contributed by atoms with Gasteiger partial charge in [-0.2, -0.15) is 5.10 Å². The summed E-state index contributed by atoms with van der Waals surface area (Å²) in [7, 11) is 2.46. The summed E-state index contributed by atoms with van der Waals surface area (Å²) in [5.74, 6) is -1.67. The van der Waals surface area contributed by atoms with E-state index in [2.05, 4.69) is 10.4 Å². The van der Waals surface area contributed by atoms with Crippen molar-refractivity contribution < 1.29 is 23.9 Å². The molecule has 0 saturated carbocycles. The topological polar surface area (TPSA) is 99.5 Å². The number of aromatic nitrogens is 2. The van der Waals surface area contributed by atoms with Crippen molar-refractivity contribution in [2.24, 2.45) is 0 Å². The average molecular weight is 400 g/mol. The minimum atomic E-state index is -0.654. The van der Waals surface area contributed by atoms with E-state index in [1.54, 1.807) is 20.8 Å². The molecule has 2 rings (SSSR count). The van der Waals surface area contributed by atoms with Crippen molar-refractivity contribution in [3.63, 3.8) is 0 Å². The molecule has 0 saturated heterocycles. The van der Waals surface area contributed by atoms with E-state index in [-0.39, 0.29) is 22.0 Å². The van der Waals surface area contributed by atoms with Crippen LogP contribution in [0.25, 0.3) is 0 Å². The normalized spacial score (nSPS) is 10.5. The first-order valence-corrected chi connectivity index (χ1v) is 8.70. The Bertz CT molecular complexity index is 887. The van der Waals surface area contributed by atoms with E-state index in [4.69, 9.17) is 21.1 Å². The molecule has 0 aromatic carbocycles. The van der Waals surface area contributed by atoms with Crippen molar-refractivity contribution in [3.05, 3.63) is 32.4 Å². The van der Waals surface area contributed by atoms with E-state index >= 15 is 0 Å². The van der Waals surface area contributed by atoms with Crippen LogP contribution in [0.3, 0.4) is 0 Å². The van der Waals surface area contributed by atoms with Gasteiger partial charge in [0.25, 0.3) is 0 Å². The summed E-state index contributed by atoms with van der Waals surface area (Å²) in [4.78, 5) is 36.6. The van der Waals surface area contributed by atoms with Crippen molar-refractivity contribution in [2.75, 3.05) is 19.5 Å². The molecule has 0 unspecified atom stereocenters. The van der Waals surface area contributed by atoms with Gasteiger partial charge in [0.15, 0.2) is 0 Å². The Kier molecular flexibility index (Phi) is 6.04. The van der Waals surface area contributed by atoms with Gasteiger partial charge < -0.3 is 14.8 Å². The van der Waals surface area contributed by atoms with Gasteiger partial charge >= 0.3 is 11.9 Å². The van der Waals surface area contributed by atoms with Crippen molar-refractivity contribution in [1.82, 2.24) is 9.78 Å². The summed E-state index contributed by atoms with van der Waals surface area (Å²) >= 11 is 7.03. The zero-order chi connectivity index (χ0) is 19.6. The highest BCUT2D eigenvalue weighted by Gasteiger charge is 2.27. The number of anilines is 1. The molecule has 2 aromatic heterocycles. The zero-order valence-electron chi connectivity index (χ0n) is 14.9. The fourth-order valence-corrected chi connectivity index (χ4v) is 3.63. The van der Waals surface area contributed by atoms with Gasteiger partial charge in [-0.25, -0.2) is 9.59 Å². The predicted molar refractivity (Wildman–Crippen MR) is 97.1 cm³/mol. The maximum atomic E-state index is 12.4. The number of rotatable bonds is 5. The molecule has 0 aliphatic carbocycles. The SMILES string of the molecule is COC(=O)c1sc(NC(=O)Cn2nc(C)c(Cl)c2C)c(C(=O)OC)c1C. The largest absolute Gasteiger partial charge is 0.465 e. The predicted octanol–water partition coefficient (Wildman–Crippen LogP) is 2.74. The Morgan fingerprint density at radius 2 is 1.77 bits per heavy atom. The van der Waals surface area contributed by atoms with Gasteiger partial charge in [-0.1, -0.05) is 11.6 Å². The average Bonchev–Trinajstić information content (AvgIpc) is 3.05. The standard InChI is InChI=1S/C16H18ClN3O5S/c1-7-11(15(22)24-4)14(26-13(7)16(23)25-5)18-10(21)6-20-9(3)12(17)8(2)19-20/h6H2,1-5H3,(H,18,21). The number of amides is 1. The Morgan fingerprint density at radius 3 is 2.27 bits per heavy atom. The van der Waals surface area contributed by atoms with Crippen LogP contribution in [-0.4, -0.2) is 41.8 Å². The zero-order valence-corrected chi connectivity index (χ0v) is 16.5. The van der Waals surface area contributed by atoms with Crippen LogP contribution in [0.15, 0.2) is 0 Å². The van der Waals surface area contributed by atoms with Crippen LogP contribution in [0.4, 0.5) is 5.00 Å². The third kappa shape index (κ3) is 3.73. The molecule has 26 heavy (non-hydrogen) atoms. The van der Waals surface area contributed by atoms with Crippen LogP contribution in [0, 0.1) is 20.8 Å². The lowest BCUT2D eigenvalue weighted by atomic mass is 10.1. The molecular formula is C16H18ClN3O5S. The van der Waals surface area contributed by atoms with Gasteiger partial charge in [-0.3, -0.25) is 9.48 Å². The second kappa shape index (κ2) is 7.88. The number of thiophene rings is 1. The number of carbonyl (C=O) groups is 3. The summed E-state index contributed by atoms with van der Waals surface area (Å²) in [5.41, 5.74) is 1.79. The maximum absolute atomic E-state index is 12.4. The van der Waals surface area contributed by atoms with E-state index < -0.39 is 17.8 Å². The van der Waals surface area contributed by atoms with Crippen molar-refractivity contribution >= 4 is 45.8 Å². The molecule has 1 amide bonds. The van der Waals surface area contributed by atoms with Crippen LogP contribution in [0.2, 0.25) is 5.02 Å².